The average molecular weight is 257 g/mol. The summed E-state index contributed by atoms with van der Waals surface area (Å²) in [6, 6.07) is 0.169. The van der Waals surface area contributed by atoms with E-state index in [2.05, 4.69) is 18.2 Å². The lowest BCUT2D eigenvalue weighted by molar-refractivity contribution is 0.563. The van der Waals surface area contributed by atoms with Gasteiger partial charge >= 0.3 is 0 Å². The van der Waals surface area contributed by atoms with Crippen LogP contribution in [-0.2, 0) is 6.42 Å². The monoisotopic (exact) mass is 257 g/mol. The van der Waals surface area contributed by atoms with Crippen molar-refractivity contribution in [3.63, 3.8) is 0 Å². The second-order valence-electron chi connectivity index (χ2n) is 4.22. The smallest absolute Gasteiger partial charge is 0.185 e. The van der Waals surface area contributed by atoms with E-state index < -0.39 is 0 Å². The average Bonchev–Trinajstić information content (AvgIpc) is 2.71. The van der Waals surface area contributed by atoms with Crippen molar-refractivity contribution in [2.45, 2.75) is 25.3 Å². The summed E-state index contributed by atoms with van der Waals surface area (Å²) in [4.78, 5) is 8.34. The molecule has 0 saturated carbocycles. The molecule has 2 N–H and O–H groups in total. The van der Waals surface area contributed by atoms with Crippen LogP contribution < -0.4 is 10.6 Å². The van der Waals surface area contributed by atoms with Crippen molar-refractivity contribution in [3.05, 3.63) is 10.6 Å². The summed E-state index contributed by atoms with van der Waals surface area (Å²) < 4.78 is 0. The van der Waals surface area contributed by atoms with E-state index in [0.717, 1.165) is 36.0 Å². The van der Waals surface area contributed by atoms with E-state index in [1.54, 1.807) is 0 Å². The first-order chi connectivity index (χ1) is 7.72. The number of aromatic nitrogens is 1. The molecule has 1 aromatic heterocycles. The Morgan fingerprint density at radius 3 is 3.12 bits per heavy atom. The second-order valence-corrected chi connectivity index (χ2v) is 6.27. The maximum absolute atomic E-state index is 6.08. The summed E-state index contributed by atoms with van der Waals surface area (Å²) in [5, 5.41) is 1.14. The van der Waals surface area contributed by atoms with Crippen LogP contribution in [0.1, 0.15) is 29.5 Å². The predicted molar refractivity (Wildman–Crippen MR) is 73.6 cm³/mol. The number of hydrogen-bond acceptors (Lipinski definition) is 5. The fraction of sp³-hybridized carbons (Fsp3) is 0.727. The number of thioether (sulfide) groups is 1. The van der Waals surface area contributed by atoms with Crippen LogP contribution in [0.3, 0.4) is 0 Å². The van der Waals surface area contributed by atoms with E-state index >= 15 is 0 Å². The molecule has 1 aliphatic rings. The van der Waals surface area contributed by atoms with E-state index in [9.17, 15) is 0 Å². The lowest BCUT2D eigenvalue weighted by Gasteiger charge is -2.16. The second kappa shape index (κ2) is 5.38. The maximum Gasteiger partial charge on any atom is 0.185 e. The summed E-state index contributed by atoms with van der Waals surface area (Å²) >= 11 is 3.69. The summed E-state index contributed by atoms with van der Waals surface area (Å²) in [7, 11) is 2.12. The number of fused-ring (bicyclic) bond motifs is 1. The summed E-state index contributed by atoms with van der Waals surface area (Å²) in [6.45, 7) is 1.06. The van der Waals surface area contributed by atoms with Crippen LogP contribution in [0.4, 0.5) is 5.13 Å². The highest BCUT2D eigenvalue weighted by Crippen LogP contribution is 2.35. The van der Waals surface area contributed by atoms with Gasteiger partial charge in [0.2, 0.25) is 0 Å². The van der Waals surface area contributed by atoms with Gasteiger partial charge in [0.15, 0.2) is 5.13 Å². The minimum absolute atomic E-state index is 0.169. The number of aryl methyl sites for hydroxylation is 1. The molecule has 3 nitrogen and oxygen atoms in total. The topological polar surface area (TPSA) is 42.2 Å². The van der Waals surface area contributed by atoms with Gasteiger partial charge in [-0.15, -0.1) is 11.3 Å². The van der Waals surface area contributed by atoms with E-state index in [4.69, 9.17) is 10.7 Å². The highest BCUT2D eigenvalue weighted by molar-refractivity contribution is 7.98. The Labute approximate surface area is 105 Å². The zero-order valence-electron chi connectivity index (χ0n) is 9.90. The van der Waals surface area contributed by atoms with Gasteiger partial charge in [-0.2, -0.15) is 11.8 Å². The number of nitrogens with zero attached hydrogens (tertiary/aromatic N) is 2. The highest BCUT2D eigenvalue weighted by atomic mass is 32.2. The van der Waals surface area contributed by atoms with Crippen LogP contribution in [0, 0.1) is 0 Å². The van der Waals surface area contributed by atoms with Gasteiger partial charge in [0.1, 0.15) is 0 Å². The third kappa shape index (κ3) is 2.52. The Kier molecular flexibility index (Phi) is 4.10. The van der Waals surface area contributed by atoms with E-state index in [1.165, 1.54) is 11.3 Å². The molecule has 0 aromatic carbocycles. The molecule has 0 fully saturated rings. The van der Waals surface area contributed by atoms with Gasteiger partial charge in [0.25, 0.3) is 0 Å². The summed E-state index contributed by atoms with van der Waals surface area (Å²) in [5.74, 6) is 1.15. The van der Waals surface area contributed by atoms with Gasteiger partial charge in [0, 0.05) is 30.3 Å². The quantitative estimate of drug-likeness (QED) is 0.898. The van der Waals surface area contributed by atoms with Crippen molar-refractivity contribution in [2.24, 2.45) is 5.73 Å². The molecular weight excluding hydrogens is 238 g/mol. The minimum atomic E-state index is 0.169. The Balaban J connectivity index is 2.11. The maximum atomic E-state index is 6.08. The summed E-state index contributed by atoms with van der Waals surface area (Å²) in [5.41, 5.74) is 7.24. The van der Waals surface area contributed by atoms with Crippen molar-refractivity contribution in [1.82, 2.24) is 4.98 Å². The highest BCUT2D eigenvalue weighted by Gasteiger charge is 2.22. The first-order valence-corrected chi connectivity index (χ1v) is 7.88. The van der Waals surface area contributed by atoms with Crippen molar-refractivity contribution >= 4 is 28.2 Å². The number of thiazole rings is 1. The molecule has 0 bridgehead atoms. The Morgan fingerprint density at radius 1 is 1.62 bits per heavy atom. The van der Waals surface area contributed by atoms with Gasteiger partial charge in [-0.1, -0.05) is 0 Å². The normalized spacial score (nSPS) is 19.6. The number of anilines is 1. The SMILES string of the molecule is CSCCN(C)c1nc2c(s1)CCCC2N. The fourth-order valence-electron chi connectivity index (χ4n) is 1.93. The van der Waals surface area contributed by atoms with Gasteiger partial charge in [0.05, 0.1) is 5.69 Å². The molecule has 16 heavy (non-hydrogen) atoms. The number of rotatable bonds is 4. The van der Waals surface area contributed by atoms with Crippen molar-refractivity contribution in [3.8, 4) is 0 Å². The van der Waals surface area contributed by atoms with Crippen LogP contribution >= 0.6 is 23.1 Å². The van der Waals surface area contributed by atoms with E-state index in [-0.39, 0.29) is 6.04 Å². The molecule has 1 unspecified atom stereocenters. The largest absolute Gasteiger partial charge is 0.350 e. The molecule has 2 rings (SSSR count). The van der Waals surface area contributed by atoms with Crippen molar-refractivity contribution in [1.29, 1.82) is 0 Å². The molecule has 0 aliphatic heterocycles. The van der Waals surface area contributed by atoms with Gasteiger partial charge in [-0.3, -0.25) is 0 Å². The van der Waals surface area contributed by atoms with Crippen LogP contribution in [-0.4, -0.2) is 30.6 Å². The summed E-state index contributed by atoms with van der Waals surface area (Å²) in [6.07, 6.45) is 5.60. The standard InChI is InChI=1S/C11H19N3S2/c1-14(6-7-15-2)11-13-10-8(12)4-3-5-9(10)16-11/h8H,3-7,12H2,1-2H3. The molecule has 0 spiro atoms. The van der Waals surface area contributed by atoms with Crippen molar-refractivity contribution in [2.75, 3.05) is 30.5 Å². The van der Waals surface area contributed by atoms with Gasteiger partial charge in [-0.25, -0.2) is 4.98 Å². The zero-order valence-corrected chi connectivity index (χ0v) is 11.5. The molecule has 0 saturated heterocycles. The molecule has 1 aliphatic carbocycles. The zero-order chi connectivity index (χ0) is 11.5. The van der Waals surface area contributed by atoms with Gasteiger partial charge < -0.3 is 10.6 Å². The van der Waals surface area contributed by atoms with Crippen LogP contribution in [0.25, 0.3) is 0 Å². The molecular formula is C11H19N3S2. The molecule has 0 radical (unpaired) electrons. The predicted octanol–water partition coefficient (Wildman–Crippen LogP) is 2.28. The molecule has 1 aromatic rings. The Bertz CT molecular complexity index is 351. The Hall–Kier alpha value is -0.260. The first-order valence-electron chi connectivity index (χ1n) is 5.67. The molecule has 1 atom stereocenters. The van der Waals surface area contributed by atoms with Crippen LogP contribution in [0.5, 0.6) is 0 Å². The van der Waals surface area contributed by atoms with Crippen LogP contribution in [0.15, 0.2) is 0 Å². The Morgan fingerprint density at radius 2 is 2.44 bits per heavy atom. The first kappa shape index (κ1) is 12.2. The lowest BCUT2D eigenvalue weighted by atomic mass is 9.99. The van der Waals surface area contributed by atoms with E-state index in [0.29, 0.717) is 0 Å². The van der Waals surface area contributed by atoms with Gasteiger partial charge in [-0.05, 0) is 25.5 Å². The lowest BCUT2D eigenvalue weighted by Crippen LogP contribution is -2.20. The minimum Gasteiger partial charge on any atom is -0.350 e. The number of nitrogens with two attached hydrogens (primary N) is 1. The molecule has 5 heteroatoms. The fourth-order valence-corrected chi connectivity index (χ4v) is 3.54. The van der Waals surface area contributed by atoms with E-state index in [1.807, 2.05) is 23.1 Å². The molecule has 90 valence electrons. The third-order valence-corrected chi connectivity index (χ3v) is 4.78. The van der Waals surface area contributed by atoms with Crippen LogP contribution in [0.2, 0.25) is 0 Å². The molecule has 1 heterocycles. The number of hydrogen-bond donors (Lipinski definition) is 1. The third-order valence-electron chi connectivity index (χ3n) is 2.94. The molecule has 0 amide bonds. The van der Waals surface area contributed by atoms with Crippen molar-refractivity contribution < 1.29 is 0 Å².